The summed E-state index contributed by atoms with van der Waals surface area (Å²) in [6.07, 6.45) is 4.63. The first kappa shape index (κ1) is 19.3. The topological polar surface area (TPSA) is 0 Å². The van der Waals surface area contributed by atoms with Crippen LogP contribution in [-0.4, -0.2) is 0 Å². The number of hydrogen-bond donors (Lipinski definition) is 0. The summed E-state index contributed by atoms with van der Waals surface area (Å²) in [6, 6.07) is 32.2. The number of hydrogen-bond acceptors (Lipinski definition) is 0. The molecule has 0 radical (unpaired) electrons. The molecule has 0 fully saturated rings. The van der Waals surface area contributed by atoms with Gasteiger partial charge in [-0.3, -0.25) is 0 Å². The smallest absolute Gasteiger partial charge is 0.00137 e. The number of fused-ring (bicyclic) bond motifs is 5. The lowest BCUT2D eigenvalue weighted by molar-refractivity contribution is 0.922. The van der Waals surface area contributed by atoms with Crippen molar-refractivity contribution in [1.82, 2.24) is 0 Å². The van der Waals surface area contributed by atoms with Crippen molar-refractivity contribution < 1.29 is 0 Å². The van der Waals surface area contributed by atoms with E-state index in [9.17, 15) is 0 Å². The molecule has 0 amide bonds. The molecule has 5 aromatic rings. The summed E-state index contributed by atoms with van der Waals surface area (Å²) in [5.41, 5.74) is 11.1. The second kappa shape index (κ2) is 7.64. The van der Waals surface area contributed by atoms with Crippen LogP contribution in [0.1, 0.15) is 37.8 Å². The third-order valence-electron chi connectivity index (χ3n) is 7.01. The van der Waals surface area contributed by atoms with Crippen LogP contribution in [0.25, 0.3) is 54.9 Å². The SMILES string of the molecule is CCCc1ccc(-c2c3ccccc3c3c4c(cccc24)-c2cc(CCC)ccc2-3)cc1. The highest BCUT2D eigenvalue weighted by atomic mass is 14.3. The molecule has 0 spiro atoms. The Balaban J connectivity index is 1.70. The van der Waals surface area contributed by atoms with Gasteiger partial charge in [-0.2, -0.15) is 0 Å². The first-order valence-electron chi connectivity index (χ1n) is 12.0. The molecule has 5 aromatic carbocycles. The average Bonchev–Trinajstić information content (AvgIpc) is 3.16. The summed E-state index contributed by atoms with van der Waals surface area (Å²) >= 11 is 0. The minimum atomic E-state index is 1.13. The molecular weight excluding hydrogens is 384 g/mol. The van der Waals surface area contributed by atoms with Gasteiger partial charge in [0, 0.05) is 0 Å². The molecule has 32 heavy (non-hydrogen) atoms. The van der Waals surface area contributed by atoms with E-state index in [0.717, 1.165) is 12.8 Å². The normalized spacial score (nSPS) is 11.9. The zero-order chi connectivity index (χ0) is 21.7. The summed E-state index contributed by atoms with van der Waals surface area (Å²) in [6.45, 7) is 4.50. The van der Waals surface area contributed by atoms with Gasteiger partial charge >= 0.3 is 0 Å². The van der Waals surface area contributed by atoms with E-state index in [1.165, 1.54) is 78.9 Å². The van der Waals surface area contributed by atoms with Crippen LogP contribution in [0.2, 0.25) is 0 Å². The number of rotatable bonds is 5. The highest BCUT2D eigenvalue weighted by Crippen LogP contribution is 2.53. The Labute approximate surface area is 190 Å². The Morgan fingerprint density at radius 1 is 0.500 bits per heavy atom. The van der Waals surface area contributed by atoms with Crippen molar-refractivity contribution in [2.75, 3.05) is 0 Å². The van der Waals surface area contributed by atoms with E-state index in [1.54, 1.807) is 0 Å². The van der Waals surface area contributed by atoms with E-state index in [-0.39, 0.29) is 0 Å². The molecule has 0 saturated carbocycles. The third-order valence-corrected chi connectivity index (χ3v) is 7.01. The van der Waals surface area contributed by atoms with Crippen LogP contribution in [0.15, 0.2) is 84.9 Å². The molecule has 0 aliphatic heterocycles. The van der Waals surface area contributed by atoms with Crippen LogP contribution in [-0.2, 0) is 12.8 Å². The fourth-order valence-corrected chi connectivity index (χ4v) is 5.65. The predicted molar refractivity (Wildman–Crippen MR) is 139 cm³/mol. The Hall–Kier alpha value is -3.38. The molecule has 1 aliphatic rings. The van der Waals surface area contributed by atoms with Gasteiger partial charge in [-0.25, -0.2) is 0 Å². The molecule has 156 valence electrons. The van der Waals surface area contributed by atoms with E-state index in [1.807, 2.05) is 0 Å². The van der Waals surface area contributed by atoms with E-state index >= 15 is 0 Å². The predicted octanol–water partition coefficient (Wildman–Crippen LogP) is 9.21. The van der Waals surface area contributed by atoms with Crippen LogP contribution in [0, 0.1) is 0 Å². The van der Waals surface area contributed by atoms with Gasteiger partial charge in [-0.15, -0.1) is 0 Å². The molecule has 0 bridgehead atoms. The van der Waals surface area contributed by atoms with Crippen molar-refractivity contribution in [3.63, 3.8) is 0 Å². The first-order chi connectivity index (χ1) is 15.8. The van der Waals surface area contributed by atoms with Crippen LogP contribution in [0.4, 0.5) is 0 Å². The van der Waals surface area contributed by atoms with E-state index in [0.29, 0.717) is 0 Å². The number of aryl methyl sites for hydroxylation is 2. The van der Waals surface area contributed by atoms with Gasteiger partial charge in [0.15, 0.2) is 0 Å². The zero-order valence-corrected chi connectivity index (χ0v) is 18.9. The first-order valence-corrected chi connectivity index (χ1v) is 12.0. The molecular formula is C32H28. The van der Waals surface area contributed by atoms with Gasteiger partial charge in [-0.1, -0.05) is 112 Å². The minimum Gasteiger partial charge on any atom is -0.0651 e. The third kappa shape index (κ3) is 2.83. The van der Waals surface area contributed by atoms with Gasteiger partial charge in [-0.05, 0) is 78.9 Å². The molecule has 0 unspecified atom stereocenters. The van der Waals surface area contributed by atoms with Crippen molar-refractivity contribution in [3.8, 4) is 33.4 Å². The van der Waals surface area contributed by atoms with E-state index in [2.05, 4.69) is 98.8 Å². The van der Waals surface area contributed by atoms with E-state index in [4.69, 9.17) is 0 Å². The van der Waals surface area contributed by atoms with Gasteiger partial charge in [0.25, 0.3) is 0 Å². The Kier molecular flexibility index (Phi) is 4.61. The molecule has 0 N–H and O–H groups in total. The molecule has 0 heteroatoms. The van der Waals surface area contributed by atoms with Gasteiger partial charge in [0.05, 0.1) is 0 Å². The second-order valence-electron chi connectivity index (χ2n) is 9.10. The number of benzene rings is 5. The molecule has 0 saturated heterocycles. The van der Waals surface area contributed by atoms with Crippen LogP contribution in [0.3, 0.4) is 0 Å². The van der Waals surface area contributed by atoms with E-state index < -0.39 is 0 Å². The average molecular weight is 413 g/mol. The molecule has 0 heterocycles. The molecule has 1 aliphatic carbocycles. The largest absolute Gasteiger partial charge is 0.0651 e. The van der Waals surface area contributed by atoms with Gasteiger partial charge in [0.1, 0.15) is 0 Å². The van der Waals surface area contributed by atoms with Crippen molar-refractivity contribution in [1.29, 1.82) is 0 Å². The van der Waals surface area contributed by atoms with Crippen molar-refractivity contribution in [2.45, 2.75) is 39.5 Å². The maximum atomic E-state index is 2.43. The standard InChI is InChI=1S/C32H28/c1-3-8-21-14-17-23(18-15-21)30-24-10-5-6-11-25(24)31-27-19-16-22(9-4-2)20-29(27)26-12-7-13-28(30)32(26)31/h5-7,10-20H,3-4,8-9H2,1-2H3. The summed E-state index contributed by atoms with van der Waals surface area (Å²) in [4.78, 5) is 0. The maximum absolute atomic E-state index is 2.43. The molecule has 0 atom stereocenters. The quantitative estimate of drug-likeness (QED) is 0.248. The summed E-state index contributed by atoms with van der Waals surface area (Å²) in [7, 11) is 0. The van der Waals surface area contributed by atoms with Gasteiger partial charge < -0.3 is 0 Å². The maximum Gasteiger partial charge on any atom is -0.00137 e. The molecule has 0 nitrogen and oxygen atoms in total. The van der Waals surface area contributed by atoms with Crippen molar-refractivity contribution in [3.05, 3.63) is 96.1 Å². The fraction of sp³-hybridized carbons (Fsp3) is 0.188. The Morgan fingerprint density at radius 2 is 1.16 bits per heavy atom. The van der Waals surface area contributed by atoms with Crippen molar-refractivity contribution in [2.24, 2.45) is 0 Å². The molecule has 6 rings (SSSR count). The Bertz CT molecular complexity index is 1450. The minimum absolute atomic E-state index is 1.13. The Morgan fingerprint density at radius 3 is 1.91 bits per heavy atom. The zero-order valence-electron chi connectivity index (χ0n) is 18.9. The van der Waals surface area contributed by atoms with Crippen LogP contribution in [0.5, 0.6) is 0 Å². The van der Waals surface area contributed by atoms with Crippen molar-refractivity contribution >= 4 is 21.5 Å². The lowest BCUT2D eigenvalue weighted by Gasteiger charge is -2.15. The molecule has 0 aromatic heterocycles. The van der Waals surface area contributed by atoms with Crippen LogP contribution < -0.4 is 0 Å². The highest BCUT2D eigenvalue weighted by molar-refractivity contribution is 6.29. The summed E-state index contributed by atoms with van der Waals surface area (Å²) < 4.78 is 0. The van der Waals surface area contributed by atoms with Gasteiger partial charge in [0.2, 0.25) is 0 Å². The second-order valence-corrected chi connectivity index (χ2v) is 9.10. The lowest BCUT2D eigenvalue weighted by Crippen LogP contribution is -1.89. The summed E-state index contributed by atoms with van der Waals surface area (Å²) in [5.74, 6) is 0. The lowest BCUT2D eigenvalue weighted by atomic mass is 9.87. The highest BCUT2D eigenvalue weighted by Gasteiger charge is 2.26. The summed E-state index contributed by atoms with van der Waals surface area (Å²) in [5, 5.41) is 5.50. The fourth-order valence-electron chi connectivity index (χ4n) is 5.65. The van der Waals surface area contributed by atoms with Crippen LogP contribution >= 0.6 is 0 Å². The monoisotopic (exact) mass is 412 g/mol.